The highest BCUT2D eigenvalue weighted by molar-refractivity contribution is 5.93. The van der Waals surface area contributed by atoms with Crippen LogP contribution < -0.4 is 10.6 Å². The minimum Gasteiger partial charge on any atom is -0.371 e. The molecule has 1 unspecified atom stereocenters. The smallest absolute Gasteiger partial charge is 0.0723 e. The summed E-state index contributed by atoms with van der Waals surface area (Å²) >= 11 is 0. The summed E-state index contributed by atoms with van der Waals surface area (Å²) in [5.41, 5.74) is 9.27. The number of aromatic nitrogens is 1. The van der Waals surface area contributed by atoms with E-state index >= 15 is 0 Å². The Kier molecular flexibility index (Phi) is 4.38. The first-order valence-corrected chi connectivity index (χ1v) is 6.98. The minimum absolute atomic E-state index is 0.501. The Hall–Kier alpha value is -1.61. The molecule has 1 atom stereocenters. The molecule has 0 bridgehead atoms. The van der Waals surface area contributed by atoms with E-state index in [0.717, 1.165) is 11.1 Å². The second-order valence-electron chi connectivity index (χ2n) is 5.10. The van der Waals surface area contributed by atoms with Crippen LogP contribution in [0.25, 0.3) is 10.9 Å². The maximum absolute atomic E-state index is 5.89. The van der Waals surface area contributed by atoms with Gasteiger partial charge in [0.05, 0.1) is 11.2 Å². The molecule has 0 fully saturated rings. The predicted molar refractivity (Wildman–Crippen MR) is 82.4 cm³/mol. The average Bonchev–Trinajstić information content (AvgIpc) is 2.45. The Labute approximate surface area is 115 Å². The lowest BCUT2D eigenvalue weighted by atomic mass is 10.1. The van der Waals surface area contributed by atoms with Gasteiger partial charge in [0.25, 0.3) is 0 Å². The van der Waals surface area contributed by atoms with Crippen molar-refractivity contribution in [3.63, 3.8) is 0 Å². The number of fused-ring (bicyclic) bond motifs is 1. The highest BCUT2D eigenvalue weighted by Crippen LogP contribution is 2.30. The van der Waals surface area contributed by atoms with E-state index in [1.54, 1.807) is 0 Å². The Morgan fingerprint density at radius 1 is 1.32 bits per heavy atom. The zero-order valence-corrected chi connectivity index (χ0v) is 12.1. The van der Waals surface area contributed by atoms with Crippen LogP contribution in [0.15, 0.2) is 30.5 Å². The molecule has 2 N–H and O–H groups in total. The Morgan fingerprint density at radius 3 is 2.74 bits per heavy atom. The Bertz CT molecular complexity index is 551. The normalized spacial score (nSPS) is 12.6. The number of para-hydroxylation sites is 1. The van der Waals surface area contributed by atoms with Crippen molar-refractivity contribution in [3.8, 4) is 0 Å². The van der Waals surface area contributed by atoms with E-state index in [-0.39, 0.29) is 0 Å². The third kappa shape index (κ3) is 2.71. The molecule has 1 aromatic heterocycles. The first-order valence-electron chi connectivity index (χ1n) is 6.98. The Balaban J connectivity index is 2.55. The summed E-state index contributed by atoms with van der Waals surface area (Å²) < 4.78 is 0. The van der Waals surface area contributed by atoms with Gasteiger partial charge in [0, 0.05) is 36.8 Å². The van der Waals surface area contributed by atoms with E-state index in [2.05, 4.69) is 49.0 Å². The molecule has 102 valence electrons. The van der Waals surface area contributed by atoms with Crippen LogP contribution in [0.3, 0.4) is 0 Å². The Morgan fingerprint density at radius 2 is 2.05 bits per heavy atom. The van der Waals surface area contributed by atoms with Crippen molar-refractivity contribution in [2.24, 2.45) is 5.73 Å². The molecule has 0 saturated heterocycles. The number of anilines is 1. The molecule has 2 rings (SSSR count). The lowest BCUT2D eigenvalue weighted by Gasteiger charge is -2.29. The molecule has 3 heteroatoms. The van der Waals surface area contributed by atoms with Gasteiger partial charge in [0.1, 0.15) is 0 Å². The molecule has 2 aromatic rings. The highest BCUT2D eigenvalue weighted by atomic mass is 15.1. The monoisotopic (exact) mass is 257 g/mol. The van der Waals surface area contributed by atoms with E-state index in [4.69, 9.17) is 5.73 Å². The SMILES string of the molecule is CCCC(C)N(C)c1c(CN)cnc2ccccc12. The molecule has 19 heavy (non-hydrogen) atoms. The number of benzene rings is 1. The van der Waals surface area contributed by atoms with Crippen LogP contribution in [0.1, 0.15) is 32.3 Å². The summed E-state index contributed by atoms with van der Waals surface area (Å²) in [7, 11) is 2.15. The molecular formula is C16H23N3. The molecule has 0 aliphatic rings. The fourth-order valence-electron chi connectivity index (χ4n) is 2.57. The van der Waals surface area contributed by atoms with E-state index in [1.165, 1.54) is 23.9 Å². The molecular weight excluding hydrogens is 234 g/mol. The molecule has 1 aromatic carbocycles. The zero-order chi connectivity index (χ0) is 13.8. The van der Waals surface area contributed by atoms with Gasteiger partial charge >= 0.3 is 0 Å². The topological polar surface area (TPSA) is 42.1 Å². The van der Waals surface area contributed by atoms with Gasteiger partial charge < -0.3 is 10.6 Å². The van der Waals surface area contributed by atoms with Gasteiger partial charge in [-0.05, 0) is 19.4 Å². The first kappa shape index (κ1) is 13.8. The van der Waals surface area contributed by atoms with Gasteiger partial charge in [0.15, 0.2) is 0 Å². The average molecular weight is 257 g/mol. The van der Waals surface area contributed by atoms with Gasteiger partial charge in [0.2, 0.25) is 0 Å². The van der Waals surface area contributed by atoms with Crippen LogP contribution in [0.5, 0.6) is 0 Å². The summed E-state index contributed by atoms with van der Waals surface area (Å²) in [5, 5.41) is 1.19. The van der Waals surface area contributed by atoms with Crippen molar-refractivity contribution < 1.29 is 0 Å². The van der Waals surface area contributed by atoms with Crippen molar-refractivity contribution >= 4 is 16.6 Å². The second kappa shape index (κ2) is 6.02. The van der Waals surface area contributed by atoms with E-state index < -0.39 is 0 Å². The standard InChI is InChI=1S/C16H23N3/c1-4-7-12(2)19(3)16-13(10-17)11-18-15-9-6-5-8-14(15)16/h5-6,8-9,11-12H,4,7,10,17H2,1-3H3. The molecule has 0 saturated carbocycles. The maximum Gasteiger partial charge on any atom is 0.0723 e. The summed E-state index contributed by atoms with van der Waals surface area (Å²) in [6, 6.07) is 8.77. The van der Waals surface area contributed by atoms with Gasteiger partial charge in [-0.25, -0.2) is 0 Å². The van der Waals surface area contributed by atoms with Gasteiger partial charge in [-0.2, -0.15) is 0 Å². The summed E-state index contributed by atoms with van der Waals surface area (Å²) in [5.74, 6) is 0. The van der Waals surface area contributed by atoms with Crippen LogP contribution in [0, 0.1) is 0 Å². The fourth-order valence-corrected chi connectivity index (χ4v) is 2.57. The van der Waals surface area contributed by atoms with Crippen molar-refractivity contribution in [1.82, 2.24) is 4.98 Å². The number of nitrogens with zero attached hydrogens (tertiary/aromatic N) is 2. The van der Waals surface area contributed by atoms with Crippen molar-refractivity contribution in [3.05, 3.63) is 36.0 Å². The van der Waals surface area contributed by atoms with Crippen molar-refractivity contribution in [1.29, 1.82) is 0 Å². The van der Waals surface area contributed by atoms with Crippen LogP contribution in [-0.2, 0) is 6.54 Å². The second-order valence-corrected chi connectivity index (χ2v) is 5.10. The summed E-state index contributed by atoms with van der Waals surface area (Å²) in [4.78, 5) is 6.84. The number of hydrogen-bond acceptors (Lipinski definition) is 3. The molecule has 0 aliphatic carbocycles. The molecule has 3 nitrogen and oxygen atoms in total. The lowest BCUT2D eigenvalue weighted by Crippen LogP contribution is -2.30. The molecule has 0 radical (unpaired) electrons. The predicted octanol–water partition coefficient (Wildman–Crippen LogP) is 3.32. The third-order valence-electron chi connectivity index (χ3n) is 3.76. The first-order chi connectivity index (χ1) is 9.19. The van der Waals surface area contributed by atoms with Crippen LogP contribution >= 0.6 is 0 Å². The van der Waals surface area contributed by atoms with Gasteiger partial charge in [-0.3, -0.25) is 4.98 Å². The van der Waals surface area contributed by atoms with E-state index in [1.807, 2.05) is 12.3 Å². The summed E-state index contributed by atoms with van der Waals surface area (Å²) in [6.07, 6.45) is 4.27. The fraction of sp³-hybridized carbons (Fsp3) is 0.438. The third-order valence-corrected chi connectivity index (χ3v) is 3.76. The summed E-state index contributed by atoms with van der Waals surface area (Å²) in [6.45, 7) is 5.01. The van der Waals surface area contributed by atoms with Crippen molar-refractivity contribution in [2.45, 2.75) is 39.3 Å². The quantitative estimate of drug-likeness (QED) is 0.893. The van der Waals surface area contributed by atoms with E-state index in [9.17, 15) is 0 Å². The minimum atomic E-state index is 0.501. The molecule has 0 amide bonds. The number of pyridine rings is 1. The zero-order valence-electron chi connectivity index (χ0n) is 12.1. The van der Waals surface area contributed by atoms with Crippen LogP contribution in [0.4, 0.5) is 5.69 Å². The number of nitrogens with two attached hydrogens (primary N) is 1. The van der Waals surface area contributed by atoms with E-state index in [0.29, 0.717) is 12.6 Å². The van der Waals surface area contributed by atoms with Crippen LogP contribution in [0.2, 0.25) is 0 Å². The molecule has 0 spiro atoms. The number of rotatable bonds is 5. The lowest BCUT2D eigenvalue weighted by molar-refractivity contribution is 0.615. The highest BCUT2D eigenvalue weighted by Gasteiger charge is 2.16. The largest absolute Gasteiger partial charge is 0.371 e. The van der Waals surface area contributed by atoms with Gasteiger partial charge in [-0.15, -0.1) is 0 Å². The molecule has 1 heterocycles. The number of hydrogen-bond donors (Lipinski definition) is 1. The van der Waals surface area contributed by atoms with Gasteiger partial charge in [-0.1, -0.05) is 31.5 Å². The van der Waals surface area contributed by atoms with Crippen LogP contribution in [-0.4, -0.2) is 18.1 Å². The molecule has 0 aliphatic heterocycles. The van der Waals surface area contributed by atoms with Crippen molar-refractivity contribution in [2.75, 3.05) is 11.9 Å². The maximum atomic E-state index is 5.89.